The van der Waals surface area contributed by atoms with Gasteiger partial charge in [0.25, 0.3) is 0 Å². The zero-order chi connectivity index (χ0) is 14.4. The van der Waals surface area contributed by atoms with Crippen LogP contribution in [0, 0.1) is 25.5 Å². The molecule has 0 atom stereocenters. The first-order valence-corrected chi connectivity index (χ1v) is 7.52. The van der Waals surface area contributed by atoms with Gasteiger partial charge in [-0.3, -0.25) is 4.57 Å². The number of aromatic nitrogens is 3. The number of H-pyrrole nitrogens is 1. The standard InChI is InChI=1S/C15H14BrN3S/c1-8-4-5-17-14-13(8)18-15(20)19(14)11-6-9(2)12(16)10(3)7-11/h4-7H,1-3H3,(H,18,20). The van der Waals surface area contributed by atoms with Gasteiger partial charge in [-0.05, 0) is 67.9 Å². The van der Waals surface area contributed by atoms with E-state index in [2.05, 4.69) is 58.8 Å². The van der Waals surface area contributed by atoms with Crippen molar-refractivity contribution in [3.8, 4) is 5.69 Å². The van der Waals surface area contributed by atoms with Gasteiger partial charge in [0, 0.05) is 10.7 Å². The summed E-state index contributed by atoms with van der Waals surface area (Å²) in [6.07, 6.45) is 1.81. The lowest BCUT2D eigenvalue weighted by Crippen LogP contribution is -1.98. The predicted octanol–water partition coefficient (Wildman–Crippen LogP) is 4.77. The Labute approximate surface area is 130 Å². The van der Waals surface area contributed by atoms with Crippen LogP contribution in [-0.2, 0) is 0 Å². The smallest absolute Gasteiger partial charge is 0.184 e. The number of nitrogens with one attached hydrogen (secondary N) is 1. The van der Waals surface area contributed by atoms with Crippen LogP contribution in [0.2, 0.25) is 0 Å². The van der Waals surface area contributed by atoms with Gasteiger partial charge in [0.1, 0.15) is 0 Å². The quantitative estimate of drug-likeness (QED) is 0.643. The van der Waals surface area contributed by atoms with Crippen molar-refractivity contribution in [2.24, 2.45) is 0 Å². The molecule has 1 N–H and O–H groups in total. The summed E-state index contributed by atoms with van der Waals surface area (Å²) in [5.74, 6) is 0. The Morgan fingerprint density at radius 1 is 1.15 bits per heavy atom. The predicted molar refractivity (Wildman–Crippen MR) is 88.2 cm³/mol. The van der Waals surface area contributed by atoms with Crippen LogP contribution in [0.1, 0.15) is 16.7 Å². The molecule has 0 bridgehead atoms. The lowest BCUT2D eigenvalue weighted by atomic mass is 10.1. The molecule has 20 heavy (non-hydrogen) atoms. The topological polar surface area (TPSA) is 33.6 Å². The number of hydrogen-bond acceptors (Lipinski definition) is 2. The van der Waals surface area contributed by atoms with Crippen LogP contribution in [0.3, 0.4) is 0 Å². The SMILES string of the molecule is Cc1cc(-n2c(=S)[nH]c3c(C)ccnc32)cc(C)c1Br. The van der Waals surface area contributed by atoms with E-state index < -0.39 is 0 Å². The Hall–Kier alpha value is -1.46. The van der Waals surface area contributed by atoms with Crippen molar-refractivity contribution < 1.29 is 0 Å². The molecule has 5 heteroatoms. The molecule has 0 aliphatic heterocycles. The molecule has 1 aromatic carbocycles. The van der Waals surface area contributed by atoms with Crippen LogP contribution in [-0.4, -0.2) is 14.5 Å². The highest BCUT2D eigenvalue weighted by molar-refractivity contribution is 9.10. The van der Waals surface area contributed by atoms with Crippen molar-refractivity contribution in [2.45, 2.75) is 20.8 Å². The number of aromatic amines is 1. The van der Waals surface area contributed by atoms with Crippen LogP contribution in [0.4, 0.5) is 0 Å². The molecule has 2 heterocycles. The zero-order valence-corrected chi connectivity index (χ0v) is 13.9. The Bertz CT molecular complexity index is 853. The Morgan fingerprint density at radius 2 is 1.80 bits per heavy atom. The fourth-order valence-corrected chi connectivity index (χ4v) is 2.94. The minimum Gasteiger partial charge on any atom is -0.329 e. The minimum atomic E-state index is 0.669. The number of imidazole rings is 1. The highest BCUT2D eigenvalue weighted by Crippen LogP contribution is 2.27. The first kappa shape index (κ1) is 13.5. The van der Waals surface area contributed by atoms with Gasteiger partial charge in [0.15, 0.2) is 10.4 Å². The lowest BCUT2D eigenvalue weighted by molar-refractivity contribution is 1.03. The summed E-state index contributed by atoms with van der Waals surface area (Å²) in [6, 6.07) is 6.21. The molecule has 0 saturated carbocycles. The third kappa shape index (κ3) is 2.01. The highest BCUT2D eigenvalue weighted by Gasteiger charge is 2.11. The van der Waals surface area contributed by atoms with E-state index in [4.69, 9.17) is 12.2 Å². The number of pyridine rings is 1. The van der Waals surface area contributed by atoms with Crippen molar-refractivity contribution in [3.63, 3.8) is 0 Å². The summed E-state index contributed by atoms with van der Waals surface area (Å²) < 4.78 is 3.80. The fraction of sp³-hybridized carbons (Fsp3) is 0.200. The normalized spacial score (nSPS) is 11.2. The van der Waals surface area contributed by atoms with Crippen LogP contribution in [0.25, 0.3) is 16.9 Å². The number of fused-ring (bicyclic) bond motifs is 1. The molecule has 3 rings (SSSR count). The lowest BCUT2D eigenvalue weighted by Gasteiger charge is -2.09. The van der Waals surface area contributed by atoms with Gasteiger partial charge in [-0.2, -0.15) is 0 Å². The average Bonchev–Trinajstić information content (AvgIpc) is 2.73. The van der Waals surface area contributed by atoms with Gasteiger partial charge >= 0.3 is 0 Å². The third-order valence-electron chi connectivity index (χ3n) is 3.47. The van der Waals surface area contributed by atoms with Gasteiger partial charge in [0.05, 0.1) is 11.2 Å². The molecular weight excluding hydrogens is 334 g/mol. The van der Waals surface area contributed by atoms with Gasteiger partial charge in [-0.25, -0.2) is 4.98 Å². The minimum absolute atomic E-state index is 0.669. The fourth-order valence-electron chi connectivity index (χ4n) is 2.42. The third-order valence-corrected chi connectivity index (χ3v) is 5.00. The molecule has 0 amide bonds. The summed E-state index contributed by atoms with van der Waals surface area (Å²) >= 11 is 9.07. The van der Waals surface area contributed by atoms with Crippen LogP contribution < -0.4 is 0 Å². The van der Waals surface area contributed by atoms with Gasteiger partial charge in [-0.1, -0.05) is 15.9 Å². The van der Waals surface area contributed by atoms with E-state index in [0.717, 1.165) is 26.9 Å². The monoisotopic (exact) mass is 347 g/mol. The van der Waals surface area contributed by atoms with Crippen molar-refractivity contribution in [2.75, 3.05) is 0 Å². The van der Waals surface area contributed by atoms with E-state index in [-0.39, 0.29) is 0 Å². The van der Waals surface area contributed by atoms with Gasteiger partial charge in [0.2, 0.25) is 0 Å². The Balaban J connectivity index is 2.38. The molecule has 0 aliphatic carbocycles. The summed E-state index contributed by atoms with van der Waals surface area (Å²) in [4.78, 5) is 7.73. The molecule has 0 spiro atoms. The molecule has 0 radical (unpaired) electrons. The number of benzene rings is 1. The molecule has 3 aromatic rings. The van der Waals surface area contributed by atoms with Gasteiger partial charge in [-0.15, -0.1) is 0 Å². The average molecular weight is 348 g/mol. The largest absolute Gasteiger partial charge is 0.329 e. The van der Waals surface area contributed by atoms with Crippen LogP contribution in [0.15, 0.2) is 28.9 Å². The van der Waals surface area contributed by atoms with Crippen molar-refractivity contribution in [3.05, 3.63) is 50.3 Å². The maximum absolute atomic E-state index is 5.47. The summed E-state index contributed by atoms with van der Waals surface area (Å²) in [6.45, 7) is 6.22. The maximum Gasteiger partial charge on any atom is 0.184 e. The number of halogens is 1. The molecule has 0 aliphatic rings. The second kappa shape index (κ2) is 4.82. The number of nitrogens with zero attached hydrogens (tertiary/aromatic N) is 2. The van der Waals surface area contributed by atoms with Crippen molar-refractivity contribution in [1.29, 1.82) is 0 Å². The van der Waals surface area contributed by atoms with E-state index in [0.29, 0.717) is 4.77 Å². The highest BCUT2D eigenvalue weighted by atomic mass is 79.9. The Kier molecular flexibility index (Phi) is 3.26. The molecule has 0 saturated heterocycles. The molecule has 3 nitrogen and oxygen atoms in total. The van der Waals surface area contributed by atoms with Gasteiger partial charge < -0.3 is 4.98 Å². The van der Waals surface area contributed by atoms with Crippen LogP contribution >= 0.6 is 28.1 Å². The van der Waals surface area contributed by atoms with Crippen molar-refractivity contribution >= 4 is 39.3 Å². The summed E-state index contributed by atoms with van der Waals surface area (Å²) in [5, 5.41) is 0. The second-order valence-electron chi connectivity index (χ2n) is 4.99. The molecule has 2 aromatic heterocycles. The van der Waals surface area contributed by atoms with E-state index >= 15 is 0 Å². The molecule has 0 fully saturated rings. The van der Waals surface area contributed by atoms with E-state index in [1.165, 1.54) is 11.1 Å². The molecule has 102 valence electrons. The Morgan fingerprint density at radius 3 is 2.45 bits per heavy atom. The number of aryl methyl sites for hydroxylation is 3. The zero-order valence-electron chi connectivity index (χ0n) is 11.5. The summed E-state index contributed by atoms with van der Waals surface area (Å²) in [7, 11) is 0. The van der Waals surface area contributed by atoms with E-state index in [1.807, 2.05) is 16.8 Å². The number of hydrogen-bond donors (Lipinski definition) is 1. The number of rotatable bonds is 1. The first-order valence-electron chi connectivity index (χ1n) is 6.32. The van der Waals surface area contributed by atoms with Crippen molar-refractivity contribution in [1.82, 2.24) is 14.5 Å². The molecule has 0 unspecified atom stereocenters. The van der Waals surface area contributed by atoms with E-state index in [1.54, 1.807) is 0 Å². The van der Waals surface area contributed by atoms with Crippen LogP contribution in [0.5, 0.6) is 0 Å². The maximum atomic E-state index is 5.47. The second-order valence-corrected chi connectivity index (χ2v) is 6.17. The summed E-state index contributed by atoms with van der Waals surface area (Å²) in [5.41, 5.74) is 6.42. The van der Waals surface area contributed by atoms with E-state index in [9.17, 15) is 0 Å². The molecular formula is C15H14BrN3S. The first-order chi connectivity index (χ1) is 9.49.